The van der Waals surface area contributed by atoms with Crippen LogP contribution in [0.15, 0.2) is 30.5 Å². The molecule has 2 N–H and O–H groups in total. The lowest BCUT2D eigenvalue weighted by molar-refractivity contribution is -0.134. The van der Waals surface area contributed by atoms with Gasteiger partial charge in [-0.3, -0.25) is 15.0 Å². The molecular weight excluding hydrogens is 353 g/mol. The number of pyridine rings is 1. The van der Waals surface area contributed by atoms with Gasteiger partial charge in [-0.15, -0.1) is 11.3 Å². The number of nitrogens with one attached hydrogen (secondary N) is 1. The minimum absolute atomic E-state index is 0.243. The first-order chi connectivity index (χ1) is 11.9. The predicted molar refractivity (Wildman–Crippen MR) is 84.4 cm³/mol. The van der Waals surface area contributed by atoms with Gasteiger partial charge in [0.15, 0.2) is 0 Å². The number of hydrogen-bond donors (Lipinski definition) is 2. The molecule has 2 fully saturated rings. The molecule has 8 heteroatoms. The van der Waals surface area contributed by atoms with E-state index in [-0.39, 0.29) is 11.8 Å². The molecule has 25 heavy (non-hydrogen) atoms. The normalized spacial score (nSPS) is 25.7. The fraction of sp³-hybridized carbons (Fsp3) is 0.412. The van der Waals surface area contributed by atoms with Crippen LogP contribution in [-0.4, -0.2) is 16.1 Å². The second-order valence-corrected chi connectivity index (χ2v) is 7.66. The predicted octanol–water partition coefficient (Wildman–Crippen LogP) is 4.04. The Labute approximate surface area is 145 Å². The molecule has 2 heterocycles. The number of amides is 1. The number of hydrogen-bond acceptors (Lipinski definition) is 4. The van der Waals surface area contributed by atoms with E-state index in [4.69, 9.17) is 5.21 Å². The second-order valence-electron chi connectivity index (χ2n) is 6.54. The molecule has 4 rings (SSSR count). The van der Waals surface area contributed by atoms with Crippen molar-refractivity contribution in [3.05, 3.63) is 51.5 Å². The van der Waals surface area contributed by atoms with Gasteiger partial charge in [0.1, 0.15) is 4.88 Å². The summed E-state index contributed by atoms with van der Waals surface area (Å²) < 4.78 is 38.6. The number of hydroxylamine groups is 1. The molecule has 2 saturated carbocycles. The number of carbonyl (C=O) groups excluding carboxylic acids is 1. The monoisotopic (exact) mass is 368 g/mol. The van der Waals surface area contributed by atoms with Gasteiger partial charge in [0.25, 0.3) is 0 Å². The van der Waals surface area contributed by atoms with E-state index in [1.807, 2.05) is 6.07 Å². The lowest BCUT2D eigenvalue weighted by Crippen LogP contribution is -2.21. The van der Waals surface area contributed by atoms with Crippen molar-refractivity contribution < 1.29 is 23.2 Å². The summed E-state index contributed by atoms with van der Waals surface area (Å²) in [6.07, 6.45) is -0.532. The van der Waals surface area contributed by atoms with Crippen molar-refractivity contribution in [3.63, 3.8) is 0 Å². The lowest BCUT2D eigenvalue weighted by atomic mass is 10.1. The Morgan fingerprint density at radius 2 is 2.00 bits per heavy atom. The maximum atomic E-state index is 12.9. The summed E-state index contributed by atoms with van der Waals surface area (Å²) in [5.41, 5.74) is 3.49. The lowest BCUT2D eigenvalue weighted by Gasteiger charge is -2.03. The molecule has 0 aromatic carbocycles. The van der Waals surface area contributed by atoms with E-state index in [0.29, 0.717) is 22.1 Å². The van der Waals surface area contributed by atoms with Crippen LogP contribution in [0.3, 0.4) is 0 Å². The highest BCUT2D eigenvalue weighted by Gasteiger charge is 2.57. The fourth-order valence-corrected chi connectivity index (χ4v) is 4.51. The van der Waals surface area contributed by atoms with Crippen LogP contribution in [0.25, 0.3) is 0 Å². The van der Waals surface area contributed by atoms with E-state index in [1.165, 1.54) is 6.07 Å². The van der Waals surface area contributed by atoms with Crippen LogP contribution >= 0.6 is 11.3 Å². The van der Waals surface area contributed by atoms with Gasteiger partial charge in [0.05, 0.1) is 5.92 Å². The van der Waals surface area contributed by atoms with Gasteiger partial charge in [0.2, 0.25) is 5.91 Å². The van der Waals surface area contributed by atoms with E-state index in [2.05, 4.69) is 4.98 Å². The first kappa shape index (κ1) is 16.5. The van der Waals surface area contributed by atoms with Gasteiger partial charge in [-0.25, -0.2) is 5.48 Å². The van der Waals surface area contributed by atoms with Crippen molar-refractivity contribution in [2.45, 2.75) is 36.8 Å². The summed E-state index contributed by atoms with van der Waals surface area (Å²) in [5.74, 6) is -1.29. The molecule has 0 aliphatic heterocycles. The zero-order valence-corrected chi connectivity index (χ0v) is 13.8. The zero-order valence-electron chi connectivity index (χ0n) is 13.0. The summed E-state index contributed by atoms with van der Waals surface area (Å²) in [6.45, 7) is 0. The van der Waals surface area contributed by atoms with Crippen molar-refractivity contribution in [1.29, 1.82) is 0 Å². The third-order valence-electron chi connectivity index (χ3n) is 4.85. The highest BCUT2D eigenvalue weighted by atomic mass is 32.1. The summed E-state index contributed by atoms with van der Waals surface area (Å²) in [6, 6.07) is 6.22. The summed E-state index contributed by atoms with van der Waals surface area (Å²) in [5, 5.41) is 8.97. The van der Waals surface area contributed by atoms with Crippen molar-refractivity contribution >= 4 is 17.2 Å². The molecule has 132 valence electrons. The Morgan fingerprint density at radius 1 is 1.24 bits per heavy atom. The number of rotatable bonds is 4. The number of thiophene rings is 1. The number of halogens is 3. The molecule has 0 saturated heterocycles. The number of aromatic nitrogens is 1. The molecule has 4 nitrogen and oxygen atoms in total. The van der Waals surface area contributed by atoms with E-state index in [1.54, 1.807) is 17.7 Å². The highest BCUT2D eigenvalue weighted by molar-refractivity contribution is 7.12. The SMILES string of the molecule is O=C(NO)C1C(c2ccnc(C3CC3)c2)C1c1ccc(C(F)(F)F)s1. The molecule has 3 unspecified atom stereocenters. The van der Waals surface area contributed by atoms with Crippen LogP contribution < -0.4 is 5.48 Å². The maximum Gasteiger partial charge on any atom is 0.425 e. The van der Waals surface area contributed by atoms with Crippen LogP contribution in [0.1, 0.15) is 51.6 Å². The topological polar surface area (TPSA) is 62.2 Å². The molecule has 2 aromatic heterocycles. The van der Waals surface area contributed by atoms with Crippen LogP contribution in [0.4, 0.5) is 13.2 Å². The molecule has 2 aliphatic rings. The van der Waals surface area contributed by atoms with Gasteiger partial charge in [-0.2, -0.15) is 13.2 Å². The van der Waals surface area contributed by atoms with Crippen LogP contribution in [0, 0.1) is 5.92 Å². The van der Waals surface area contributed by atoms with Gasteiger partial charge in [0, 0.05) is 34.5 Å². The van der Waals surface area contributed by atoms with E-state index >= 15 is 0 Å². The Balaban J connectivity index is 1.65. The number of carbonyl (C=O) groups is 1. The maximum absolute atomic E-state index is 12.9. The standard InChI is InChI=1S/C17H15F3N2O2S/c18-17(19,20)12-4-3-11(25-12)14-13(15(14)16(23)22-24)9-5-6-21-10(7-9)8-1-2-8/h3-8,13-15,24H,1-2H2,(H,22,23). The third-order valence-corrected chi connectivity index (χ3v) is 6.08. The largest absolute Gasteiger partial charge is 0.425 e. The Morgan fingerprint density at radius 3 is 2.60 bits per heavy atom. The van der Waals surface area contributed by atoms with Gasteiger partial charge in [-0.1, -0.05) is 0 Å². The minimum atomic E-state index is -4.39. The van der Waals surface area contributed by atoms with E-state index in [0.717, 1.165) is 30.2 Å². The fourth-order valence-electron chi connectivity index (χ4n) is 3.44. The van der Waals surface area contributed by atoms with Crippen LogP contribution in [-0.2, 0) is 11.0 Å². The summed E-state index contributed by atoms with van der Waals surface area (Å²) in [4.78, 5) is 16.2. The zero-order chi connectivity index (χ0) is 17.8. The van der Waals surface area contributed by atoms with Crippen molar-refractivity contribution in [1.82, 2.24) is 10.5 Å². The second kappa shape index (κ2) is 5.81. The first-order valence-corrected chi connectivity index (χ1v) is 8.78. The quantitative estimate of drug-likeness (QED) is 0.632. The number of nitrogens with zero attached hydrogens (tertiary/aromatic N) is 1. The van der Waals surface area contributed by atoms with Gasteiger partial charge >= 0.3 is 6.18 Å². The number of alkyl halides is 3. The average molecular weight is 368 g/mol. The van der Waals surface area contributed by atoms with E-state index in [9.17, 15) is 18.0 Å². The molecule has 2 aliphatic carbocycles. The molecule has 2 aromatic rings. The van der Waals surface area contributed by atoms with Crippen LogP contribution in [0.5, 0.6) is 0 Å². The van der Waals surface area contributed by atoms with Crippen molar-refractivity contribution in [2.75, 3.05) is 0 Å². The van der Waals surface area contributed by atoms with Crippen molar-refractivity contribution in [2.24, 2.45) is 5.92 Å². The Bertz CT molecular complexity index is 816. The molecule has 3 atom stereocenters. The van der Waals surface area contributed by atoms with E-state index < -0.39 is 22.9 Å². The molecule has 1 amide bonds. The van der Waals surface area contributed by atoms with Crippen LogP contribution in [0.2, 0.25) is 0 Å². The van der Waals surface area contributed by atoms with Gasteiger partial charge in [-0.05, 0) is 42.7 Å². The molecule has 0 radical (unpaired) electrons. The molecule has 0 spiro atoms. The first-order valence-electron chi connectivity index (χ1n) is 7.97. The van der Waals surface area contributed by atoms with Gasteiger partial charge < -0.3 is 0 Å². The average Bonchev–Trinajstić information content (AvgIpc) is 3.50. The Hall–Kier alpha value is -1.93. The third kappa shape index (κ3) is 3.04. The highest BCUT2D eigenvalue weighted by Crippen LogP contribution is 2.62. The molecule has 0 bridgehead atoms. The van der Waals surface area contributed by atoms with Crippen molar-refractivity contribution in [3.8, 4) is 0 Å². The summed E-state index contributed by atoms with van der Waals surface area (Å²) >= 11 is 0.661. The minimum Gasteiger partial charge on any atom is -0.289 e. The smallest absolute Gasteiger partial charge is 0.289 e. The molecular formula is C17H15F3N2O2S. The summed E-state index contributed by atoms with van der Waals surface area (Å²) in [7, 11) is 0. The Kier molecular flexibility index (Phi) is 3.84.